The number of aliphatic carboxylic acids is 1. The van der Waals surface area contributed by atoms with E-state index in [1.807, 2.05) is 6.92 Å². The van der Waals surface area contributed by atoms with Crippen LogP contribution >= 0.6 is 0 Å². The van der Waals surface area contributed by atoms with E-state index in [4.69, 9.17) is 9.47 Å². The molecule has 7 nitrogen and oxygen atoms in total. The summed E-state index contributed by atoms with van der Waals surface area (Å²) in [6.07, 6.45) is 0.781. The van der Waals surface area contributed by atoms with E-state index < -0.39 is 17.4 Å². The average Bonchev–Trinajstić information content (AvgIpc) is 2.62. The molecule has 2 N–H and O–H groups in total. The van der Waals surface area contributed by atoms with Crippen molar-refractivity contribution in [3.05, 3.63) is 0 Å². The average molecular weight is 286 g/mol. The van der Waals surface area contributed by atoms with E-state index in [9.17, 15) is 14.7 Å². The third kappa shape index (κ3) is 3.04. The van der Waals surface area contributed by atoms with Crippen molar-refractivity contribution in [2.45, 2.75) is 32.4 Å². The summed E-state index contributed by atoms with van der Waals surface area (Å²) in [7, 11) is 0. The molecule has 3 atom stereocenters. The lowest BCUT2D eigenvalue weighted by atomic mass is 9.85. The zero-order valence-electron chi connectivity index (χ0n) is 11.9. The number of urea groups is 1. The maximum atomic E-state index is 12.3. The number of nitrogens with zero attached hydrogens (tertiary/aromatic N) is 1. The van der Waals surface area contributed by atoms with Crippen molar-refractivity contribution in [3.8, 4) is 0 Å². The number of rotatable bonds is 2. The van der Waals surface area contributed by atoms with Gasteiger partial charge in [-0.2, -0.15) is 0 Å². The number of hydrogen-bond donors (Lipinski definition) is 2. The van der Waals surface area contributed by atoms with Gasteiger partial charge in [-0.05, 0) is 20.3 Å². The quantitative estimate of drug-likeness (QED) is 0.762. The second-order valence-corrected chi connectivity index (χ2v) is 5.72. The summed E-state index contributed by atoms with van der Waals surface area (Å²) >= 11 is 0. The molecule has 0 aromatic carbocycles. The van der Waals surface area contributed by atoms with Crippen LogP contribution in [0.1, 0.15) is 20.3 Å². The summed E-state index contributed by atoms with van der Waals surface area (Å²) in [5, 5.41) is 12.1. The van der Waals surface area contributed by atoms with Gasteiger partial charge in [-0.25, -0.2) is 4.79 Å². The SMILES string of the molecule is CC1CN(C(=O)NC2COCC2(C)C(=O)O)CCCO1. The summed E-state index contributed by atoms with van der Waals surface area (Å²) < 4.78 is 10.7. The Kier molecular flexibility index (Phi) is 4.49. The molecule has 2 rings (SSSR count). The van der Waals surface area contributed by atoms with Gasteiger partial charge in [-0.1, -0.05) is 0 Å². The largest absolute Gasteiger partial charge is 0.481 e. The normalized spacial score (nSPS) is 34.6. The highest BCUT2D eigenvalue weighted by Gasteiger charge is 2.47. The first kappa shape index (κ1) is 15.1. The maximum absolute atomic E-state index is 12.3. The highest BCUT2D eigenvalue weighted by atomic mass is 16.5. The summed E-state index contributed by atoms with van der Waals surface area (Å²) in [5.74, 6) is -0.951. The second kappa shape index (κ2) is 5.97. The molecule has 2 amide bonds. The van der Waals surface area contributed by atoms with Gasteiger partial charge in [0.15, 0.2) is 0 Å². The molecule has 20 heavy (non-hydrogen) atoms. The lowest BCUT2D eigenvalue weighted by Crippen LogP contribution is -2.54. The Labute approximate surface area is 118 Å². The van der Waals surface area contributed by atoms with E-state index in [2.05, 4.69) is 5.32 Å². The summed E-state index contributed by atoms with van der Waals surface area (Å²) in [4.78, 5) is 25.3. The van der Waals surface area contributed by atoms with Gasteiger partial charge in [0.2, 0.25) is 0 Å². The van der Waals surface area contributed by atoms with Gasteiger partial charge in [-0.3, -0.25) is 4.79 Å². The molecule has 2 heterocycles. The van der Waals surface area contributed by atoms with Crippen molar-refractivity contribution in [1.82, 2.24) is 10.2 Å². The smallest absolute Gasteiger partial charge is 0.317 e. The minimum Gasteiger partial charge on any atom is -0.481 e. The molecule has 3 unspecified atom stereocenters. The van der Waals surface area contributed by atoms with Crippen LogP contribution in [0.2, 0.25) is 0 Å². The fourth-order valence-electron chi connectivity index (χ4n) is 2.50. The Balaban J connectivity index is 1.98. The number of amides is 2. The van der Waals surface area contributed by atoms with Gasteiger partial charge in [0.1, 0.15) is 5.41 Å². The third-order valence-corrected chi connectivity index (χ3v) is 3.98. The van der Waals surface area contributed by atoms with Crippen LogP contribution in [0.15, 0.2) is 0 Å². The first-order valence-electron chi connectivity index (χ1n) is 6.91. The topological polar surface area (TPSA) is 88.1 Å². The molecule has 2 fully saturated rings. The van der Waals surface area contributed by atoms with Crippen LogP contribution in [0.4, 0.5) is 4.79 Å². The fourth-order valence-corrected chi connectivity index (χ4v) is 2.50. The third-order valence-electron chi connectivity index (χ3n) is 3.98. The van der Waals surface area contributed by atoms with Crippen LogP contribution in [0.5, 0.6) is 0 Å². The van der Waals surface area contributed by atoms with Crippen molar-refractivity contribution >= 4 is 12.0 Å². The highest BCUT2D eigenvalue weighted by Crippen LogP contribution is 2.28. The van der Waals surface area contributed by atoms with Crippen LogP contribution < -0.4 is 5.32 Å². The molecule has 114 valence electrons. The van der Waals surface area contributed by atoms with Gasteiger partial charge in [0.25, 0.3) is 0 Å². The number of carbonyl (C=O) groups excluding carboxylic acids is 1. The van der Waals surface area contributed by atoms with Crippen LogP contribution in [-0.4, -0.2) is 67.1 Å². The molecule has 0 aromatic rings. The van der Waals surface area contributed by atoms with Crippen molar-refractivity contribution in [2.75, 3.05) is 32.9 Å². The van der Waals surface area contributed by atoms with E-state index >= 15 is 0 Å². The monoisotopic (exact) mass is 286 g/mol. The molecule has 2 saturated heterocycles. The van der Waals surface area contributed by atoms with Crippen LogP contribution in [0.25, 0.3) is 0 Å². The Morgan fingerprint density at radius 1 is 1.45 bits per heavy atom. The van der Waals surface area contributed by atoms with E-state index in [0.29, 0.717) is 19.7 Å². The van der Waals surface area contributed by atoms with Gasteiger partial charge < -0.3 is 24.8 Å². The number of carboxylic acids is 1. The van der Waals surface area contributed by atoms with E-state index in [-0.39, 0.29) is 25.3 Å². The Morgan fingerprint density at radius 2 is 2.20 bits per heavy atom. The zero-order valence-corrected chi connectivity index (χ0v) is 11.9. The summed E-state index contributed by atoms with van der Waals surface area (Å²) in [6, 6.07) is -0.752. The molecule has 7 heteroatoms. The van der Waals surface area contributed by atoms with Crippen molar-refractivity contribution in [1.29, 1.82) is 0 Å². The zero-order chi connectivity index (χ0) is 14.8. The van der Waals surface area contributed by atoms with Crippen molar-refractivity contribution in [2.24, 2.45) is 5.41 Å². The Hall–Kier alpha value is -1.34. The molecular weight excluding hydrogens is 264 g/mol. The predicted molar refractivity (Wildman–Crippen MR) is 70.5 cm³/mol. The van der Waals surface area contributed by atoms with Gasteiger partial charge in [0.05, 0.1) is 25.4 Å². The van der Waals surface area contributed by atoms with E-state index in [1.165, 1.54) is 0 Å². The van der Waals surface area contributed by atoms with Crippen LogP contribution in [-0.2, 0) is 14.3 Å². The number of ether oxygens (including phenoxy) is 2. The van der Waals surface area contributed by atoms with E-state index in [0.717, 1.165) is 6.42 Å². The van der Waals surface area contributed by atoms with Crippen LogP contribution in [0, 0.1) is 5.41 Å². The van der Waals surface area contributed by atoms with Gasteiger partial charge >= 0.3 is 12.0 Å². The van der Waals surface area contributed by atoms with Gasteiger partial charge in [-0.15, -0.1) is 0 Å². The molecular formula is C13H22N2O5. The molecule has 0 saturated carbocycles. The number of nitrogens with one attached hydrogen (secondary N) is 1. The molecule has 0 bridgehead atoms. The minimum atomic E-state index is -1.07. The van der Waals surface area contributed by atoms with Crippen molar-refractivity contribution < 1.29 is 24.2 Å². The number of hydrogen-bond acceptors (Lipinski definition) is 4. The Bertz CT molecular complexity index is 389. The molecule has 2 aliphatic rings. The second-order valence-electron chi connectivity index (χ2n) is 5.72. The lowest BCUT2D eigenvalue weighted by Gasteiger charge is -2.29. The predicted octanol–water partition coefficient (Wildman–Crippen LogP) is 0.297. The maximum Gasteiger partial charge on any atom is 0.317 e. The number of carboxylic acid groups (broad SMARTS) is 1. The van der Waals surface area contributed by atoms with E-state index in [1.54, 1.807) is 11.8 Å². The lowest BCUT2D eigenvalue weighted by molar-refractivity contribution is -0.148. The minimum absolute atomic E-state index is 0.00562. The molecule has 0 aliphatic carbocycles. The van der Waals surface area contributed by atoms with Crippen molar-refractivity contribution in [3.63, 3.8) is 0 Å². The van der Waals surface area contributed by atoms with Crippen LogP contribution in [0.3, 0.4) is 0 Å². The molecule has 0 radical (unpaired) electrons. The standard InChI is InChI=1S/C13H22N2O5/c1-9-6-15(4-3-5-20-9)12(18)14-10-7-19-8-13(10,2)11(16)17/h9-10H,3-8H2,1-2H3,(H,14,18)(H,16,17). The molecule has 0 aromatic heterocycles. The fraction of sp³-hybridized carbons (Fsp3) is 0.846. The first-order valence-corrected chi connectivity index (χ1v) is 6.91. The highest BCUT2D eigenvalue weighted by molar-refractivity contribution is 5.79. The van der Waals surface area contributed by atoms with Gasteiger partial charge in [0, 0.05) is 19.7 Å². The molecule has 0 spiro atoms. The summed E-state index contributed by atoms with van der Waals surface area (Å²) in [5.41, 5.74) is -1.07. The number of carbonyl (C=O) groups is 2. The molecule has 2 aliphatic heterocycles. The Morgan fingerprint density at radius 3 is 2.90 bits per heavy atom. The summed E-state index contributed by atoms with van der Waals surface area (Å²) in [6.45, 7) is 5.65. The first-order chi connectivity index (χ1) is 9.43.